The minimum atomic E-state index is -3.70. The van der Waals surface area contributed by atoms with E-state index in [0.717, 1.165) is 25.1 Å². The first kappa shape index (κ1) is 21.9. The lowest BCUT2D eigenvalue weighted by molar-refractivity contribution is -0.128. The Morgan fingerprint density at radius 2 is 1.72 bits per heavy atom. The molecule has 0 saturated heterocycles. The van der Waals surface area contributed by atoms with Crippen molar-refractivity contribution in [2.24, 2.45) is 0 Å². The van der Waals surface area contributed by atoms with E-state index in [2.05, 4.69) is 10.9 Å². The van der Waals surface area contributed by atoms with E-state index in [1.165, 1.54) is 17.7 Å². The van der Waals surface area contributed by atoms with E-state index < -0.39 is 21.5 Å². The number of aryl methyl sites for hydroxylation is 1. The monoisotopic (exact) mass is 459 g/mol. The van der Waals surface area contributed by atoms with Crippen molar-refractivity contribution in [3.63, 3.8) is 0 Å². The molecule has 0 aliphatic carbocycles. The quantitative estimate of drug-likeness (QED) is 0.625. The molecule has 9 nitrogen and oxygen atoms in total. The molecule has 0 atom stereocenters. The fourth-order valence-electron chi connectivity index (χ4n) is 3.75. The van der Waals surface area contributed by atoms with Crippen molar-refractivity contribution >= 4 is 27.3 Å². The number of hydrogen-bond acceptors (Lipinski definition) is 7. The molecule has 0 saturated carbocycles. The molecule has 4 rings (SSSR count). The number of para-hydroxylation sites is 1. The molecule has 170 valence electrons. The Morgan fingerprint density at radius 1 is 0.969 bits per heavy atom. The Bertz CT molecular complexity index is 1120. The SMILES string of the molecule is O=C(CCS(=O)(=O)c1ccc2c(c1)OCCO2)NNC(=O)CN1CCCc2ccccc21. The number of hydrogen-bond donors (Lipinski definition) is 2. The van der Waals surface area contributed by atoms with Crippen molar-refractivity contribution < 1.29 is 27.5 Å². The number of carbonyl (C=O) groups is 2. The summed E-state index contributed by atoms with van der Waals surface area (Å²) < 4.78 is 35.9. The summed E-state index contributed by atoms with van der Waals surface area (Å²) in [5.41, 5.74) is 6.88. The topological polar surface area (TPSA) is 114 Å². The van der Waals surface area contributed by atoms with Gasteiger partial charge >= 0.3 is 0 Å². The number of ether oxygens (including phenoxy) is 2. The zero-order chi connectivity index (χ0) is 22.6. The number of benzene rings is 2. The summed E-state index contributed by atoms with van der Waals surface area (Å²) in [6.45, 7) is 1.62. The van der Waals surface area contributed by atoms with Crippen LogP contribution in [0.2, 0.25) is 0 Å². The summed E-state index contributed by atoms with van der Waals surface area (Å²) in [6.07, 6.45) is 1.64. The molecule has 0 bridgehead atoms. The molecular formula is C22H25N3O6S. The number of anilines is 1. The highest BCUT2D eigenvalue weighted by Gasteiger charge is 2.22. The van der Waals surface area contributed by atoms with Gasteiger partial charge in [-0.1, -0.05) is 18.2 Å². The van der Waals surface area contributed by atoms with Crippen LogP contribution in [0.5, 0.6) is 11.5 Å². The van der Waals surface area contributed by atoms with Crippen molar-refractivity contribution in [1.82, 2.24) is 10.9 Å². The number of rotatable bonds is 6. The lowest BCUT2D eigenvalue weighted by atomic mass is 10.0. The smallest absolute Gasteiger partial charge is 0.257 e. The maximum absolute atomic E-state index is 12.6. The summed E-state index contributed by atoms with van der Waals surface area (Å²) in [7, 11) is -3.70. The van der Waals surface area contributed by atoms with Gasteiger partial charge in [0.1, 0.15) is 13.2 Å². The number of hydrazine groups is 1. The minimum Gasteiger partial charge on any atom is -0.486 e. The van der Waals surface area contributed by atoms with Crippen molar-refractivity contribution in [2.45, 2.75) is 24.2 Å². The standard InChI is InChI=1S/C22H25N3O6S/c26-21(9-13-32(28,29)17-7-8-19-20(14-17)31-12-11-30-19)23-24-22(27)15-25-10-3-5-16-4-1-2-6-18(16)25/h1-2,4,6-8,14H,3,5,9-13,15H2,(H,23,26)(H,24,27). The van der Waals surface area contributed by atoms with Gasteiger partial charge in [-0.25, -0.2) is 8.42 Å². The first-order valence-corrected chi connectivity index (χ1v) is 12.1. The summed E-state index contributed by atoms with van der Waals surface area (Å²) >= 11 is 0. The Hall–Kier alpha value is -3.27. The van der Waals surface area contributed by atoms with E-state index in [0.29, 0.717) is 24.7 Å². The van der Waals surface area contributed by atoms with Crippen LogP contribution < -0.4 is 25.2 Å². The van der Waals surface area contributed by atoms with Crippen LogP contribution >= 0.6 is 0 Å². The highest BCUT2D eigenvalue weighted by molar-refractivity contribution is 7.91. The molecule has 2 aliphatic heterocycles. The number of amides is 2. The first-order valence-electron chi connectivity index (χ1n) is 10.5. The molecule has 2 heterocycles. The molecule has 2 aromatic carbocycles. The van der Waals surface area contributed by atoms with Gasteiger partial charge in [-0.2, -0.15) is 0 Å². The molecule has 2 amide bonds. The van der Waals surface area contributed by atoms with Crippen LogP contribution in [-0.4, -0.2) is 52.3 Å². The first-order chi connectivity index (χ1) is 15.4. The van der Waals surface area contributed by atoms with Gasteiger partial charge in [-0.05, 0) is 36.6 Å². The van der Waals surface area contributed by atoms with Crippen LogP contribution in [0.4, 0.5) is 5.69 Å². The van der Waals surface area contributed by atoms with Gasteiger partial charge in [0, 0.05) is 24.7 Å². The minimum absolute atomic E-state index is 0.0577. The van der Waals surface area contributed by atoms with E-state index in [-0.39, 0.29) is 23.8 Å². The van der Waals surface area contributed by atoms with Crippen LogP contribution in [0.15, 0.2) is 47.4 Å². The normalized spacial score (nSPS) is 14.9. The predicted molar refractivity (Wildman–Crippen MR) is 117 cm³/mol. The van der Waals surface area contributed by atoms with E-state index in [1.54, 1.807) is 6.07 Å². The summed E-state index contributed by atoms with van der Waals surface area (Å²) in [5.74, 6) is -0.489. The number of carbonyl (C=O) groups excluding carboxylic acids is 2. The average molecular weight is 460 g/mol. The third kappa shape index (κ3) is 5.13. The second kappa shape index (κ2) is 9.47. The van der Waals surface area contributed by atoms with Crippen LogP contribution in [0, 0.1) is 0 Å². The van der Waals surface area contributed by atoms with Gasteiger partial charge in [-0.15, -0.1) is 0 Å². The molecule has 10 heteroatoms. The van der Waals surface area contributed by atoms with Crippen LogP contribution in [-0.2, 0) is 25.8 Å². The van der Waals surface area contributed by atoms with Gasteiger partial charge in [0.2, 0.25) is 5.91 Å². The highest BCUT2D eigenvalue weighted by Crippen LogP contribution is 2.32. The van der Waals surface area contributed by atoms with Crippen LogP contribution in [0.3, 0.4) is 0 Å². The second-order valence-corrected chi connectivity index (χ2v) is 9.73. The maximum Gasteiger partial charge on any atom is 0.257 e. The molecule has 2 aromatic rings. The van der Waals surface area contributed by atoms with Gasteiger partial charge < -0.3 is 14.4 Å². The van der Waals surface area contributed by atoms with E-state index in [4.69, 9.17) is 9.47 Å². The third-order valence-corrected chi connectivity index (χ3v) is 7.07. The zero-order valence-corrected chi connectivity index (χ0v) is 18.3. The molecular weight excluding hydrogens is 434 g/mol. The largest absolute Gasteiger partial charge is 0.486 e. The average Bonchev–Trinajstić information content (AvgIpc) is 2.81. The van der Waals surface area contributed by atoms with Crippen molar-refractivity contribution in [2.75, 3.05) is 37.0 Å². The van der Waals surface area contributed by atoms with Crippen LogP contribution in [0.1, 0.15) is 18.4 Å². The molecule has 0 unspecified atom stereocenters. The predicted octanol–water partition coefficient (Wildman–Crippen LogP) is 1.22. The number of nitrogens with one attached hydrogen (secondary N) is 2. The summed E-state index contributed by atoms with van der Waals surface area (Å²) in [6, 6.07) is 12.3. The third-order valence-electron chi connectivity index (χ3n) is 5.35. The Kier molecular flexibility index (Phi) is 6.50. The molecule has 0 aromatic heterocycles. The Morgan fingerprint density at radius 3 is 2.56 bits per heavy atom. The van der Waals surface area contributed by atoms with Crippen molar-refractivity contribution in [1.29, 1.82) is 0 Å². The fourth-order valence-corrected chi connectivity index (χ4v) is 5.00. The van der Waals surface area contributed by atoms with E-state index >= 15 is 0 Å². The number of sulfone groups is 1. The van der Waals surface area contributed by atoms with Crippen molar-refractivity contribution in [3.05, 3.63) is 48.0 Å². The molecule has 0 radical (unpaired) electrons. The Balaban J connectivity index is 1.26. The molecule has 2 aliphatic rings. The Labute approximate surface area is 186 Å². The van der Waals surface area contributed by atoms with Gasteiger partial charge in [0.25, 0.3) is 5.91 Å². The molecule has 0 fully saturated rings. The molecule has 2 N–H and O–H groups in total. The fraction of sp³-hybridized carbons (Fsp3) is 0.364. The molecule has 0 spiro atoms. The van der Waals surface area contributed by atoms with Gasteiger partial charge in [0.05, 0.1) is 17.2 Å². The van der Waals surface area contributed by atoms with E-state index in [1.807, 2.05) is 29.2 Å². The van der Waals surface area contributed by atoms with Crippen molar-refractivity contribution in [3.8, 4) is 11.5 Å². The summed E-state index contributed by atoms with van der Waals surface area (Å²) in [4.78, 5) is 26.4. The van der Waals surface area contributed by atoms with Crippen LogP contribution in [0.25, 0.3) is 0 Å². The summed E-state index contributed by atoms with van der Waals surface area (Å²) in [5, 5.41) is 0. The maximum atomic E-state index is 12.6. The highest BCUT2D eigenvalue weighted by atomic mass is 32.2. The lowest BCUT2D eigenvalue weighted by Crippen LogP contribution is -2.47. The number of fused-ring (bicyclic) bond motifs is 2. The van der Waals surface area contributed by atoms with E-state index in [9.17, 15) is 18.0 Å². The molecule has 32 heavy (non-hydrogen) atoms. The zero-order valence-electron chi connectivity index (χ0n) is 17.5. The van der Waals surface area contributed by atoms with Gasteiger partial charge in [0.15, 0.2) is 21.3 Å². The number of nitrogens with zero attached hydrogens (tertiary/aromatic N) is 1. The lowest BCUT2D eigenvalue weighted by Gasteiger charge is -2.30. The van der Waals surface area contributed by atoms with Gasteiger partial charge in [-0.3, -0.25) is 20.4 Å². The second-order valence-electron chi connectivity index (χ2n) is 7.62.